The first-order chi connectivity index (χ1) is 7.58. The molecule has 1 aliphatic rings. The van der Waals surface area contributed by atoms with Crippen LogP contribution >= 0.6 is 11.6 Å². The molecule has 2 nitrogen and oxygen atoms in total. The van der Waals surface area contributed by atoms with Gasteiger partial charge in [-0.15, -0.1) is 0 Å². The van der Waals surface area contributed by atoms with Gasteiger partial charge in [-0.05, 0) is 42.9 Å². The second kappa shape index (κ2) is 4.42. The molecule has 1 aromatic rings. The summed E-state index contributed by atoms with van der Waals surface area (Å²) < 4.78 is 13.5. The molecule has 86 valence electrons. The monoisotopic (exact) mass is 242 g/mol. The van der Waals surface area contributed by atoms with Crippen molar-refractivity contribution < 1.29 is 14.3 Å². The molecule has 0 heterocycles. The molecule has 1 saturated carbocycles. The first-order valence-electron chi connectivity index (χ1n) is 5.24. The second-order valence-electron chi connectivity index (χ2n) is 4.22. The van der Waals surface area contributed by atoms with E-state index in [0.29, 0.717) is 23.4 Å². The third kappa shape index (κ3) is 2.19. The summed E-state index contributed by atoms with van der Waals surface area (Å²) in [7, 11) is 0. The van der Waals surface area contributed by atoms with Crippen LogP contribution in [0.3, 0.4) is 0 Å². The number of halogens is 2. The van der Waals surface area contributed by atoms with Gasteiger partial charge in [0.15, 0.2) is 0 Å². The van der Waals surface area contributed by atoms with Gasteiger partial charge in [0.25, 0.3) is 0 Å². The van der Waals surface area contributed by atoms with E-state index in [2.05, 4.69) is 0 Å². The minimum atomic E-state index is -0.773. The van der Waals surface area contributed by atoms with E-state index in [1.54, 1.807) is 12.1 Å². The average Bonchev–Trinajstić information content (AvgIpc) is 2.13. The Hall–Kier alpha value is -1.09. The normalized spacial score (nSPS) is 23.9. The summed E-state index contributed by atoms with van der Waals surface area (Å²) in [6.45, 7) is 0. The van der Waals surface area contributed by atoms with Crippen LogP contribution < -0.4 is 0 Å². The first-order valence-corrected chi connectivity index (χ1v) is 5.62. The summed E-state index contributed by atoms with van der Waals surface area (Å²) in [5, 5.41) is 9.25. The number of aliphatic carboxylic acids is 1. The molecule has 0 aliphatic heterocycles. The van der Waals surface area contributed by atoms with Gasteiger partial charge in [-0.2, -0.15) is 0 Å². The highest BCUT2D eigenvalue weighted by Crippen LogP contribution is 2.37. The summed E-state index contributed by atoms with van der Waals surface area (Å²) in [5.74, 6) is -1.36. The van der Waals surface area contributed by atoms with Gasteiger partial charge < -0.3 is 5.11 Å². The Balaban J connectivity index is 2.07. The van der Waals surface area contributed by atoms with Crippen molar-refractivity contribution in [1.29, 1.82) is 0 Å². The maximum atomic E-state index is 13.5. The molecule has 0 radical (unpaired) electrons. The van der Waals surface area contributed by atoms with Crippen LogP contribution in [-0.2, 0) is 11.2 Å². The highest BCUT2D eigenvalue weighted by Gasteiger charge is 2.36. The molecule has 1 aliphatic carbocycles. The second-order valence-corrected chi connectivity index (χ2v) is 4.66. The SMILES string of the molecule is O=C(O)C1CCC1Cc1ccc(Cl)cc1F. The molecule has 0 amide bonds. The predicted molar refractivity (Wildman–Crippen MR) is 59.0 cm³/mol. The zero-order valence-corrected chi connectivity index (χ0v) is 9.38. The Morgan fingerprint density at radius 2 is 2.25 bits per heavy atom. The van der Waals surface area contributed by atoms with Gasteiger partial charge in [0.05, 0.1) is 5.92 Å². The Morgan fingerprint density at radius 1 is 1.50 bits per heavy atom. The van der Waals surface area contributed by atoms with Crippen LogP contribution in [-0.4, -0.2) is 11.1 Å². The van der Waals surface area contributed by atoms with Crippen molar-refractivity contribution in [2.24, 2.45) is 11.8 Å². The molecule has 1 N–H and O–H groups in total. The maximum Gasteiger partial charge on any atom is 0.306 e. The largest absolute Gasteiger partial charge is 0.481 e. The van der Waals surface area contributed by atoms with Crippen molar-refractivity contribution in [1.82, 2.24) is 0 Å². The molecule has 2 unspecified atom stereocenters. The van der Waals surface area contributed by atoms with Gasteiger partial charge in [-0.25, -0.2) is 4.39 Å². The number of carbonyl (C=O) groups is 1. The van der Waals surface area contributed by atoms with Crippen molar-refractivity contribution >= 4 is 17.6 Å². The van der Waals surface area contributed by atoms with Crippen molar-refractivity contribution in [2.75, 3.05) is 0 Å². The van der Waals surface area contributed by atoms with E-state index in [1.807, 2.05) is 0 Å². The third-order valence-corrected chi connectivity index (χ3v) is 3.47. The fourth-order valence-corrected chi connectivity index (χ4v) is 2.27. The fraction of sp³-hybridized carbons (Fsp3) is 0.417. The molecular weight excluding hydrogens is 231 g/mol. The van der Waals surface area contributed by atoms with Crippen LogP contribution in [0.1, 0.15) is 18.4 Å². The highest BCUT2D eigenvalue weighted by molar-refractivity contribution is 6.30. The molecule has 0 saturated heterocycles. The van der Waals surface area contributed by atoms with E-state index < -0.39 is 5.97 Å². The van der Waals surface area contributed by atoms with Gasteiger partial charge in [-0.3, -0.25) is 4.79 Å². The lowest BCUT2D eigenvalue weighted by Gasteiger charge is -2.33. The van der Waals surface area contributed by atoms with E-state index in [-0.39, 0.29) is 17.7 Å². The van der Waals surface area contributed by atoms with E-state index in [1.165, 1.54) is 6.07 Å². The van der Waals surface area contributed by atoms with Crippen LogP contribution in [0.4, 0.5) is 4.39 Å². The summed E-state index contributed by atoms with van der Waals surface area (Å²) in [6, 6.07) is 4.54. The van der Waals surface area contributed by atoms with Crippen LogP contribution in [0.25, 0.3) is 0 Å². The van der Waals surface area contributed by atoms with E-state index in [9.17, 15) is 9.18 Å². The summed E-state index contributed by atoms with van der Waals surface area (Å²) in [4.78, 5) is 10.8. The van der Waals surface area contributed by atoms with Crippen molar-refractivity contribution in [3.05, 3.63) is 34.6 Å². The number of benzene rings is 1. The zero-order valence-electron chi connectivity index (χ0n) is 8.62. The van der Waals surface area contributed by atoms with Gasteiger partial charge >= 0.3 is 5.97 Å². The summed E-state index contributed by atoms with van der Waals surface area (Å²) in [5.41, 5.74) is 0.556. The lowest BCUT2D eigenvalue weighted by atomic mass is 9.71. The van der Waals surface area contributed by atoms with Crippen molar-refractivity contribution in [3.63, 3.8) is 0 Å². The molecule has 2 atom stereocenters. The Bertz CT molecular complexity index is 419. The molecule has 0 spiro atoms. The topological polar surface area (TPSA) is 37.3 Å². The molecule has 4 heteroatoms. The number of rotatable bonds is 3. The smallest absolute Gasteiger partial charge is 0.306 e. The highest BCUT2D eigenvalue weighted by atomic mass is 35.5. The molecule has 16 heavy (non-hydrogen) atoms. The molecule has 0 bridgehead atoms. The average molecular weight is 243 g/mol. The van der Waals surface area contributed by atoms with Gasteiger partial charge in [-0.1, -0.05) is 17.7 Å². The van der Waals surface area contributed by atoms with Gasteiger partial charge in [0.2, 0.25) is 0 Å². The van der Waals surface area contributed by atoms with Gasteiger partial charge in [0.1, 0.15) is 5.82 Å². The maximum absolute atomic E-state index is 13.5. The minimum absolute atomic E-state index is 0.0631. The number of carboxylic acids is 1. The number of hydrogen-bond donors (Lipinski definition) is 1. The van der Waals surface area contributed by atoms with Crippen molar-refractivity contribution in [3.8, 4) is 0 Å². The first kappa shape index (κ1) is 11.4. The van der Waals surface area contributed by atoms with E-state index >= 15 is 0 Å². The van der Waals surface area contributed by atoms with E-state index in [4.69, 9.17) is 16.7 Å². The third-order valence-electron chi connectivity index (χ3n) is 3.23. The standard InChI is InChI=1S/C12H12ClFO2/c13-9-3-1-8(11(14)6-9)5-7-2-4-10(7)12(15)16/h1,3,6-7,10H,2,4-5H2,(H,15,16). The van der Waals surface area contributed by atoms with E-state index in [0.717, 1.165) is 6.42 Å². The molecule has 1 fully saturated rings. The Kier molecular flexibility index (Phi) is 3.15. The quantitative estimate of drug-likeness (QED) is 0.884. The van der Waals surface area contributed by atoms with Crippen LogP contribution in [0.15, 0.2) is 18.2 Å². The lowest BCUT2D eigenvalue weighted by molar-refractivity contribution is -0.147. The lowest BCUT2D eigenvalue weighted by Crippen LogP contribution is -2.34. The van der Waals surface area contributed by atoms with Gasteiger partial charge in [0, 0.05) is 5.02 Å². The fourth-order valence-electron chi connectivity index (χ4n) is 2.11. The molecular formula is C12H12ClFO2. The van der Waals surface area contributed by atoms with Crippen molar-refractivity contribution in [2.45, 2.75) is 19.3 Å². The zero-order chi connectivity index (χ0) is 11.7. The molecule has 2 rings (SSSR count). The number of hydrogen-bond acceptors (Lipinski definition) is 1. The summed E-state index contributed by atoms with van der Waals surface area (Å²) >= 11 is 5.65. The minimum Gasteiger partial charge on any atom is -0.481 e. The predicted octanol–water partition coefficient (Wildman–Crippen LogP) is 3.13. The van der Waals surface area contributed by atoms with Crippen LogP contribution in [0.5, 0.6) is 0 Å². The Morgan fingerprint density at radius 3 is 2.75 bits per heavy atom. The van der Waals surface area contributed by atoms with Crippen LogP contribution in [0, 0.1) is 17.7 Å². The summed E-state index contributed by atoms with van der Waals surface area (Å²) in [6.07, 6.45) is 2.05. The van der Waals surface area contributed by atoms with Crippen LogP contribution in [0.2, 0.25) is 5.02 Å². The number of carboxylic acid groups (broad SMARTS) is 1. The molecule has 1 aromatic carbocycles. The Labute approximate surface area is 98.0 Å². The molecule has 0 aromatic heterocycles.